The Bertz CT molecular complexity index is 534. The van der Waals surface area contributed by atoms with Crippen LogP contribution in [0.1, 0.15) is 42.3 Å². The van der Waals surface area contributed by atoms with Crippen LogP contribution in [-0.4, -0.2) is 37.4 Å². The standard InChI is InChI=1S/C16H23NO4/c1-16(2,3)21-17-9-8-12-11(10-17)6-7-13(14(12)19-4)15(18)20-5/h6-7H,8-10H2,1-5H3. The Morgan fingerprint density at radius 1 is 1.24 bits per heavy atom. The minimum atomic E-state index is -0.372. The van der Waals surface area contributed by atoms with E-state index in [1.54, 1.807) is 13.2 Å². The summed E-state index contributed by atoms with van der Waals surface area (Å²) in [6.07, 6.45) is 0.777. The van der Waals surface area contributed by atoms with E-state index in [0.29, 0.717) is 17.9 Å². The largest absolute Gasteiger partial charge is 0.496 e. The van der Waals surface area contributed by atoms with Crippen LogP contribution in [0.2, 0.25) is 0 Å². The average molecular weight is 293 g/mol. The average Bonchev–Trinajstić information content (AvgIpc) is 2.43. The Hall–Kier alpha value is -1.59. The maximum absolute atomic E-state index is 11.8. The summed E-state index contributed by atoms with van der Waals surface area (Å²) in [6, 6.07) is 3.70. The van der Waals surface area contributed by atoms with Crippen LogP contribution in [0.25, 0.3) is 0 Å². The molecule has 5 nitrogen and oxygen atoms in total. The molecule has 0 saturated heterocycles. The molecule has 0 unspecified atom stereocenters. The molecular weight excluding hydrogens is 270 g/mol. The number of esters is 1. The molecule has 5 heteroatoms. The molecule has 0 atom stereocenters. The van der Waals surface area contributed by atoms with Crippen LogP contribution in [0, 0.1) is 0 Å². The lowest BCUT2D eigenvalue weighted by molar-refractivity contribution is -0.236. The normalized spacial score (nSPS) is 15.5. The van der Waals surface area contributed by atoms with E-state index in [9.17, 15) is 4.79 Å². The van der Waals surface area contributed by atoms with Crippen LogP contribution >= 0.6 is 0 Å². The topological polar surface area (TPSA) is 48.0 Å². The van der Waals surface area contributed by atoms with E-state index < -0.39 is 0 Å². The summed E-state index contributed by atoms with van der Waals surface area (Å²) in [5.41, 5.74) is 2.45. The molecule has 0 spiro atoms. The van der Waals surface area contributed by atoms with Crippen molar-refractivity contribution in [2.45, 2.75) is 39.3 Å². The summed E-state index contributed by atoms with van der Waals surface area (Å²) < 4.78 is 10.2. The fourth-order valence-electron chi connectivity index (χ4n) is 2.57. The lowest BCUT2D eigenvalue weighted by atomic mass is 9.96. The molecule has 1 heterocycles. The molecule has 116 valence electrons. The lowest BCUT2D eigenvalue weighted by Gasteiger charge is -2.34. The predicted octanol–water partition coefficient (Wildman–Crippen LogP) is 2.57. The summed E-state index contributed by atoms with van der Waals surface area (Å²) in [7, 11) is 2.96. The van der Waals surface area contributed by atoms with Gasteiger partial charge in [-0.2, -0.15) is 5.06 Å². The second kappa shape index (κ2) is 6.03. The third kappa shape index (κ3) is 3.54. The van der Waals surface area contributed by atoms with Gasteiger partial charge < -0.3 is 9.47 Å². The third-order valence-electron chi connectivity index (χ3n) is 3.33. The van der Waals surface area contributed by atoms with Crippen LogP contribution in [0.4, 0.5) is 0 Å². The zero-order valence-corrected chi connectivity index (χ0v) is 13.4. The molecule has 0 aliphatic carbocycles. The minimum Gasteiger partial charge on any atom is -0.496 e. The maximum atomic E-state index is 11.8. The van der Waals surface area contributed by atoms with Crippen molar-refractivity contribution >= 4 is 5.97 Å². The summed E-state index contributed by atoms with van der Waals surface area (Å²) in [4.78, 5) is 17.7. The molecule has 0 amide bonds. The molecule has 0 radical (unpaired) electrons. The highest BCUT2D eigenvalue weighted by molar-refractivity contribution is 5.93. The predicted molar refractivity (Wildman–Crippen MR) is 79.3 cm³/mol. The summed E-state index contributed by atoms with van der Waals surface area (Å²) >= 11 is 0. The molecule has 0 N–H and O–H groups in total. The quantitative estimate of drug-likeness (QED) is 0.802. The molecule has 1 aromatic rings. The summed E-state index contributed by atoms with van der Waals surface area (Å²) in [6.45, 7) is 7.55. The van der Waals surface area contributed by atoms with Gasteiger partial charge in [0.1, 0.15) is 11.3 Å². The highest BCUT2D eigenvalue weighted by atomic mass is 16.7. The number of benzene rings is 1. The third-order valence-corrected chi connectivity index (χ3v) is 3.33. The van der Waals surface area contributed by atoms with E-state index in [1.807, 2.05) is 31.9 Å². The second-order valence-electron chi connectivity index (χ2n) is 6.09. The summed E-state index contributed by atoms with van der Waals surface area (Å²) in [5, 5.41) is 1.96. The van der Waals surface area contributed by atoms with Crippen molar-refractivity contribution in [1.82, 2.24) is 5.06 Å². The number of hydrogen-bond donors (Lipinski definition) is 0. The molecule has 0 bridgehead atoms. The van der Waals surface area contributed by atoms with Gasteiger partial charge in [-0.05, 0) is 38.8 Å². The number of fused-ring (bicyclic) bond motifs is 1. The van der Waals surface area contributed by atoms with Gasteiger partial charge in [0.2, 0.25) is 0 Å². The van der Waals surface area contributed by atoms with Crippen LogP contribution in [0.3, 0.4) is 0 Å². The van der Waals surface area contributed by atoms with E-state index in [0.717, 1.165) is 24.1 Å². The first-order valence-electron chi connectivity index (χ1n) is 7.07. The number of rotatable bonds is 3. The van der Waals surface area contributed by atoms with Gasteiger partial charge in [0, 0.05) is 18.7 Å². The van der Waals surface area contributed by atoms with E-state index >= 15 is 0 Å². The Morgan fingerprint density at radius 3 is 2.52 bits per heavy atom. The molecule has 2 rings (SSSR count). The van der Waals surface area contributed by atoms with Gasteiger partial charge in [-0.1, -0.05) is 6.07 Å². The van der Waals surface area contributed by atoms with Crippen molar-refractivity contribution in [1.29, 1.82) is 0 Å². The molecule has 0 fully saturated rings. The Labute approximate surface area is 125 Å². The Balaban J connectivity index is 2.29. The van der Waals surface area contributed by atoms with Crippen LogP contribution in [0.15, 0.2) is 12.1 Å². The molecule has 21 heavy (non-hydrogen) atoms. The number of ether oxygens (including phenoxy) is 2. The van der Waals surface area contributed by atoms with Gasteiger partial charge in [-0.3, -0.25) is 4.84 Å². The fourth-order valence-corrected chi connectivity index (χ4v) is 2.57. The van der Waals surface area contributed by atoms with Crippen molar-refractivity contribution in [2.24, 2.45) is 0 Å². The van der Waals surface area contributed by atoms with Gasteiger partial charge >= 0.3 is 5.97 Å². The van der Waals surface area contributed by atoms with Crippen LogP contribution in [-0.2, 0) is 22.5 Å². The summed E-state index contributed by atoms with van der Waals surface area (Å²) in [5.74, 6) is 0.248. The van der Waals surface area contributed by atoms with Crippen LogP contribution in [0.5, 0.6) is 5.75 Å². The van der Waals surface area contributed by atoms with Crippen molar-refractivity contribution in [2.75, 3.05) is 20.8 Å². The van der Waals surface area contributed by atoms with E-state index in [2.05, 4.69) is 0 Å². The maximum Gasteiger partial charge on any atom is 0.341 e. The first-order valence-corrected chi connectivity index (χ1v) is 7.07. The Kier molecular flexibility index (Phi) is 4.54. The van der Waals surface area contributed by atoms with E-state index in [1.165, 1.54) is 7.11 Å². The smallest absolute Gasteiger partial charge is 0.341 e. The number of hydroxylamine groups is 2. The monoisotopic (exact) mass is 293 g/mol. The van der Waals surface area contributed by atoms with Crippen LogP contribution < -0.4 is 4.74 Å². The SMILES string of the molecule is COC(=O)c1ccc2c(c1OC)CCN(OC(C)(C)C)C2. The first kappa shape index (κ1) is 15.8. The molecule has 0 saturated carbocycles. The van der Waals surface area contributed by atoms with Crippen molar-refractivity contribution < 1.29 is 19.1 Å². The van der Waals surface area contributed by atoms with Gasteiger partial charge in [0.05, 0.1) is 19.8 Å². The molecule has 1 aliphatic heterocycles. The molecule has 1 aromatic carbocycles. The Morgan fingerprint density at radius 2 is 1.95 bits per heavy atom. The molecular formula is C16H23NO4. The van der Waals surface area contributed by atoms with E-state index in [4.69, 9.17) is 14.3 Å². The van der Waals surface area contributed by atoms with Gasteiger partial charge in [0.25, 0.3) is 0 Å². The zero-order valence-electron chi connectivity index (χ0n) is 13.4. The molecule has 1 aliphatic rings. The number of nitrogens with zero attached hydrogens (tertiary/aromatic N) is 1. The van der Waals surface area contributed by atoms with Gasteiger partial charge in [0.15, 0.2) is 0 Å². The highest BCUT2D eigenvalue weighted by Gasteiger charge is 2.26. The van der Waals surface area contributed by atoms with Crippen molar-refractivity contribution in [3.8, 4) is 5.75 Å². The lowest BCUT2D eigenvalue weighted by Crippen LogP contribution is -2.37. The second-order valence-corrected chi connectivity index (χ2v) is 6.09. The van der Waals surface area contributed by atoms with Crippen molar-refractivity contribution in [3.05, 3.63) is 28.8 Å². The number of methoxy groups -OCH3 is 2. The fraction of sp³-hybridized carbons (Fsp3) is 0.562. The number of carbonyl (C=O) groups excluding carboxylic acids is 1. The van der Waals surface area contributed by atoms with Gasteiger partial charge in [-0.25, -0.2) is 4.79 Å². The minimum absolute atomic E-state index is 0.215. The number of carbonyl (C=O) groups is 1. The van der Waals surface area contributed by atoms with E-state index in [-0.39, 0.29) is 11.6 Å². The molecule has 0 aromatic heterocycles. The van der Waals surface area contributed by atoms with Crippen molar-refractivity contribution in [3.63, 3.8) is 0 Å². The zero-order chi connectivity index (χ0) is 15.6. The van der Waals surface area contributed by atoms with Gasteiger partial charge in [-0.15, -0.1) is 0 Å². The first-order chi connectivity index (χ1) is 9.85. The number of hydrogen-bond acceptors (Lipinski definition) is 5. The highest BCUT2D eigenvalue weighted by Crippen LogP contribution is 2.32.